The van der Waals surface area contributed by atoms with Gasteiger partial charge in [0.15, 0.2) is 0 Å². The number of nitrogens with two attached hydrogens (primary N) is 1. The van der Waals surface area contributed by atoms with Crippen LogP contribution in [0.3, 0.4) is 0 Å². The Morgan fingerprint density at radius 1 is 1.53 bits per heavy atom. The lowest BCUT2D eigenvalue weighted by molar-refractivity contribution is -0.653. The van der Waals surface area contributed by atoms with Gasteiger partial charge in [0.05, 0.1) is 19.6 Å². The Labute approximate surface area is 90.9 Å². The van der Waals surface area contributed by atoms with Gasteiger partial charge in [-0.05, 0) is 18.8 Å². The molecular weight excluding hydrogens is 194 g/mol. The standard InChI is InChI=1S/C10H21N3O2/c1-9(2)4-3-5-11-6-7-12-10(14)8-13-15/h8-9,11,15H,3-7H2,1-2H3,(H,12,14)/p+1/b13-8+. The number of quaternary nitrogens is 1. The highest BCUT2D eigenvalue weighted by atomic mass is 16.4. The first kappa shape index (κ1) is 13.9. The first-order chi connectivity index (χ1) is 7.16. The summed E-state index contributed by atoms with van der Waals surface area (Å²) in [5, 5.41) is 15.5. The van der Waals surface area contributed by atoms with Gasteiger partial charge in [-0.2, -0.15) is 0 Å². The van der Waals surface area contributed by atoms with Crippen LogP contribution in [0.1, 0.15) is 26.7 Å². The van der Waals surface area contributed by atoms with Crippen LogP contribution in [0.4, 0.5) is 0 Å². The first-order valence-corrected chi connectivity index (χ1v) is 5.43. The van der Waals surface area contributed by atoms with Gasteiger partial charge in [0, 0.05) is 0 Å². The summed E-state index contributed by atoms with van der Waals surface area (Å²) >= 11 is 0. The molecule has 0 fully saturated rings. The Kier molecular flexibility index (Phi) is 8.76. The van der Waals surface area contributed by atoms with E-state index in [1.54, 1.807) is 0 Å². The smallest absolute Gasteiger partial charge is 0.266 e. The van der Waals surface area contributed by atoms with Crippen molar-refractivity contribution in [2.45, 2.75) is 26.7 Å². The SMILES string of the molecule is CC(C)CCC[NH2+]CCNC(=O)/C=N/O. The van der Waals surface area contributed by atoms with Crippen molar-refractivity contribution in [1.29, 1.82) is 0 Å². The van der Waals surface area contributed by atoms with Gasteiger partial charge in [-0.15, -0.1) is 0 Å². The van der Waals surface area contributed by atoms with Crippen LogP contribution in [-0.2, 0) is 4.79 Å². The molecule has 0 unspecified atom stereocenters. The van der Waals surface area contributed by atoms with Gasteiger partial charge >= 0.3 is 0 Å². The summed E-state index contributed by atoms with van der Waals surface area (Å²) in [6.07, 6.45) is 3.32. The molecule has 0 heterocycles. The maximum absolute atomic E-state index is 10.8. The molecule has 0 aromatic rings. The van der Waals surface area contributed by atoms with Crippen LogP contribution in [0, 0.1) is 5.92 Å². The molecule has 88 valence electrons. The highest BCUT2D eigenvalue weighted by Gasteiger charge is 1.97. The zero-order valence-electron chi connectivity index (χ0n) is 9.57. The van der Waals surface area contributed by atoms with E-state index in [4.69, 9.17) is 5.21 Å². The van der Waals surface area contributed by atoms with Crippen molar-refractivity contribution in [2.24, 2.45) is 11.1 Å². The molecule has 0 radical (unpaired) electrons. The fourth-order valence-corrected chi connectivity index (χ4v) is 1.21. The third-order valence-electron chi connectivity index (χ3n) is 2.01. The second kappa shape index (κ2) is 9.45. The number of hydrogen-bond donors (Lipinski definition) is 3. The van der Waals surface area contributed by atoms with Crippen molar-refractivity contribution < 1.29 is 15.3 Å². The van der Waals surface area contributed by atoms with E-state index >= 15 is 0 Å². The van der Waals surface area contributed by atoms with Crippen molar-refractivity contribution in [3.63, 3.8) is 0 Å². The van der Waals surface area contributed by atoms with Crippen LogP contribution in [0.15, 0.2) is 5.16 Å². The summed E-state index contributed by atoms with van der Waals surface area (Å²) in [7, 11) is 0. The lowest BCUT2D eigenvalue weighted by Gasteiger charge is -2.04. The van der Waals surface area contributed by atoms with Gasteiger partial charge in [0.2, 0.25) is 0 Å². The molecule has 0 aromatic heterocycles. The van der Waals surface area contributed by atoms with E-state index in [-0.39, 0.29) is 5.91 Å². The van der Waals surface area contributed by atoms with Crippen molar-refractivity contribution in [1.82, 2.24) is 5.32 Å². The Bertz CT molecular complexity index is 193. The molecule has 15 heavy (non-hydrogen) atoms. The summed E-state index contributed by atoms with van der Waals surface area (Å²) in [6.45, 7) is 7.00. The summed E-state index contributed by atoms with van der Waals surface area (Å²) in [6, 6.07) is 0. The van der Waals surface area contributed by atoms with Crippen LogP contribution in [0.2, 0.25) is 0 Å². The molecule has 0 spiro atoms. The van der Waals surface area contributed by atoms with Gasteiger partial charge in [-0.1, -0.05) is 19.0 Å². The quantitative estimate of drug-likeness (QED) is 0.223. The zero-order valence-corrected chi connectivity index (χ0v) is 9.57. The fourth-order valence-electron chi connectivity index (χ4n) is 1.21. The topological polar surface area (TPSA) is 78.3 Å². The number of nitrogens with one attached hydrogen (secondary N) is 1. The number of nitrogens with zero attached hydrogens (tertiary/aromatic N) is 1. The van der Waals surface area contributed by atoms with E-state index in [9.17, 15) is 4.79 Å². The summed E-state index contributed by atoms with van der Waals surface area (Å²) in [5.41, 5.74) is 0. The van der Waals surface area contributed by atoms with Gasteiger partial charge in [0.1, 0.15) is 6.21 Å². The van der Waals surface area contributed by atoms with Crippen molar-refractivity contribution >= 4 is 12.1 Å². The van der Waals surface area contributed by atoms with Crippen LogP contribution in [0.5, 0.6) is 0 Å². The summed E-state index contributed by atoms with van der Waals surface area (Å²) in [4.78, 5) is 10.8. The number of carbonyl (C=O) groups is 1. The van der Waals surface area contributed by atoms with E-state index in [2.05, 4.69) is 29.6 Å². The third kappa shape index (κ3) is 10.8. The van der Waals surface area contributed by atoms with Gasteiger partial charge < -0.3 is 15.8 Å². The summed E-state index contributed by atoms with van der Waals surface area (Å²) < 4.78 is 0. The molecule has 0 rings (SSSR count). The average molecular weight is 216 g/mol. The molecule has 0 atom stereocenters. The molecule has 4 N–H and O–H groups in total. The molecular formula is C10H22N3O2+. The molecule has 0 saturated heterocycles. The Balaban J connectivity index is 3.15. The summed E-state index contributed by atoms with van der Waals surface area (Å²) in [5.74, 6) is 0.409. The maximum atomic E-state index is 10.8. The maximum Gasteiger partial charge on any atom is 0.266 e. The largest absolute Gasteiger partial charge is 0.411 e. The van der Waals surface area contributed by atoms with E-state index in [1.165, 1.54) is 12.8 Å². The molecule has 5 heteroatoms. The highest BCUT2D eigenvalue weighted by molar-refractivity contribution is 6.25. The Hall–Kier alpha value is -1.10. The minimum Gasteiger partial charge on any atom is -0.411 e. The van der Waals surface area contributed by atoms with Gasteiger partial charge in [-0.3, -0.25) is 4.79 Å². The van der Waals surface area contributed by atoms with E-state index in [0.29, 0.717) is 6.54 Å². The number of rotatable bonds is 8. The lowest BCUT2D eigenvalue weighted by Crippen LogP contribution is -2.85. The van der Waals surface area contributed by atoms with Crippen molar-refractivity contribution in [3.8, 4) is 0 Å². The number of oxime groups is 1. The van der Waals surface area contributed by atoms with E-state index < -0.39 is 0 Å². The molecule has 0 aromatic carbocycles. The molecule has 0 saturated carbocycles. The minimum atomic E-state index is -0.354. The first-order valence-electron chi connectivity index (χ1n) is 5.43. The number of carbonyl (C=O) groups excluding carboxylic acids is 1. The molecule has 1 amide bonds. The minimum absolute atomic E-state index is 0.354. The van der Waals surface area contributed by atoms with Crippen LogP contribution >= 0.6 is 0 Å². The van der Waals surface area contributed by atoms with Crippen LogP contribution in [0.25, 0.3) is 0 Å². The predicted molar refractivity (Wildman–Crippen MR) is 59.0 cm³/mol. The normalized spacial score (nSPS) is 11.1. The van der Waals surface area contributed by atoms with E-state index in [1.807, 2.05) is 0 Å². The van der Waals surface area contributed by atoms with E-state index in [0.717, 1.165) is 25.2 Å². The van der Waals surface area contributed by atoms with Gasteiger partial charge in [0.25, 0.3) is 5.91 Å². The zero-order chi connectivity index (χ0) is 11.5. The Morgan fingerprint density at radius 2 is 2.27 bits per heavy atom. The monoisotopic (exact) mass is 216 g/mol. The highest BCUT2D eigenvalue weighted by Crippen LogP contribution is 2.00. The van der Waals surface area contributed by atoms with Crippen molar-refractivity contribution in [3.05, 3.63) is 0 Å². The predicted octanol–water partition coefficient (Wildman–Crippen LogP) is -0.438. The Morgan fingerprint density at radius 3 is 2.87 bits per heavy atom. The second-order valence-electron chi connectivity index (χ2n) is 3.94. The lowest BCUT2D eigenvalue weighted by atomic mass is 10.1. The number of amides is 1. The van der Waals surface area contributed by atoms with Gasteiger partial charge in [-0.25, -0.2) is 0 Å². The molecule has 0 aliphatic rings. The molecule has 0 bridgehead atoms. The van der Waals surface area contributed by atoms with Crippen LogP contribution < -0.4 is 10.6 Å². The second-order valence-corrected chi connectivity index (χ2v) is 3.94. The average Bonchev–Trinajstić information content (AvgIpc) is 2.16. The van der Waals surface area contributed by atoms with Crippen LogP contribution in [-0.4, -0.2) is 37.0 Å². The molecule has 0 aliphatic carbocycles. The molecule has 0 aliphatic heterocycles. The number of hydrogen-bond acceptors (Lipinski definition) is 3. The molecule has 5 nitrogen and oxygen atoms in total. The third-order valence-corrected chi connectivity index (χ3v) is 2.01. The van der Waals surface area contributed by atoms with Crippen molar-refractivity contribution in [2.75, 3.05) is 19.6 Å². The fraction of sp³-hybridized carbons (Fsp3) is 0.800.